The number of hydrogen-bond acceptors (Lipinski definition) is 3. The molecule has 2 aromatic rings. The van der Waals surface area contributed by atoms with Crippen LogP contribution in [-0.2, 0) is 0 Å². The van der Waals surface area contributed by atoms with Crippen molar-refractivity contribution in [3.8, 4) is 0 Å². The van der Waals surface area contributed by atoms with Crippen LogP contribution in [0.25, 0.3) is 0 Å². The van der Waals surface area contributed by atoms with Crippen LogP contribution in [0.4, 0.5) is 5.69 Å². The number of amides is 1. The largest absolute Gasteiger partial charge is 0.399 e. The number of likely N-dealkylation sites (N-methyl/N-ethyl adjacent to an activating group) is 1. The van der Waals surface area contributed by atoms with Crippen LogP contribution in [0.15, 0.2) is 54.6 Å². The normalized spacial score (nSPS) is 12.1. The highest BCUT2D eigenvalue weighted by Crippen LogP contribution is 2.19. The summed E-state index contributed by atoms with van der Waals surface area (Å²) in [6.07, 6.45) is 0. The van der Waals surface area contributed by atoms with E-state index in [0.29, 0.717) is 17.8 Å². The number of carbonyl (C=O) groups excluding carboxylic acids is 1. The highest BCUT2D eigenvalue weighted by atomic mass is 16.1. The minimum atomic E-state index is -0.0712. The molecule has 3 N–H and O–H groups in total. The third-order valence-electron chi connectivity index (χ3n) is 4.07. The minimum Gasteiger partial charge on any atom is -0.399 e. The Bertz CT molecular complexity index is 606. The van der Waals surface area contributed by atoms with Gasteiger partial charge in [-0.15, -0.1) is 0 Å². The second-order valence-electron chi connectivity index (χ2n) is 5.48. The van der Waals surface area contributed by atoms with Gasteiger partial charge < -0.3 is 11.1 Å². The van der Waals surface area contributed by atoms with Gasteiger partial charge in [0.05, 0.1) is 6.04 Å². The van der Waals surface area contributed by atoms with Gasteiger partial charge in [0.15, 0.2) is 0 Å². The molecule has 0 radical (unpaired) electrons. The number of rotatable bonds is 7. The Kier molecular flexibility index (Phi) is 6.18. The van der Waals surface area contributed by atoms with E-state index in [2.05, 4.69) is 36.2 Å². The standard InChI is InChI=1S/C19H25N3O/c1-3-22(4-2)18(15-8-6-5-7-9-15)14-21-19(23)16-10-12-17(20)13-11-16/h5-13,18H,3-4,14,20H2,1-2H3,(H,21,23). The molecule has 0 aliphatic heterocycles. The Balaban J connectivity index is 2.09. The van der Waals surface area contributed by atoms with Crippen molar-refractivity contribution in [2.24, 2.45) is 0 Å². The van der Waals surface area contributed by atoms with E-state index >= 15 is 0 Å². The maximum Gasteiger partial charge on any atom is 0.251 e. The molecule has 1 amide bonds. The third-order valence-corrected chi connectivity index (χ3v) is 4.07. The van der Waals surface area contributed by atoms with Gasteiger partial charge in [0.2, 0.25) is 0 Å². The second-order valence-corrected chi connectivity index (χ2v) is 5.48. The van der Waals surface area contributed by atoms with Gasteiger partial charge in [-0.3, -0.25) is 9.69 Å². The molecule has 23 heavy (non-hydrogen) atoms. The lowest BCUT2D eigenvalue weighted by Crippen LogP contribution is -2.38. The van der Waals surface area contributed by atoms with E-state index in [-0.39, 0.29) is 11.9 Å². The van der Waals surface area contributed by atoms with Crippen molar-refractivity contribution >= 4 is 11.6 Å². The van der Waals surface area contributed by atoms with E-state index in [1.54, 1.807) is 24.3 Å². The van der Waals surface area contributed by atoms with Gasteiger partial charge in [-0.05, 0) is 42.9 Å². The van der Waals surface area contributed by atoms with Crippen molar-refractivity contribution in [3.05, 3.63) is 65.7 Å². The molecule has 0 heterocycles. The van der Waals surface area contributed by atoms with Crippen molar-refractivity contribution in [1.82, 2.24) is 10.2 Å². The van der Waals surface area contributed by atoms with E-state index < -0.39 is 0 Å². The number of benzene rings is 2. The van der Waals surface area contributed by atoms with Crippen LogP contribution >= 0.6 is 0 Å². The zero-order valence-corrected chi connectivity index (χ0v) is 13.8. The molecule has 1 atom stereocenters. The lowest BCUT2D eigenvalue weighted by atomic mass is 10.0. The number of anilines is 1. The van der Waals surface area contributed by atoms with Crippen LogP contribution < -0.4 is 11.1 Å². The van der Waals surface area contributed by atoms with Crippen LogP contribution in [0.5, 0.6) is 0 Å². The van der Waals surface area contributed by atoms with E-state index in [1.165, 1.54) is 5.56 Å². The first kappa shape index (κ1) is 17.0. The molecule has 2 rings (SSSR count). The fraction of sp³-hybridized carbons (Fsp3) is 0.316. The zero-order valence-electron chi connectivity index (χ0n) is 13.8. The molecule has 1 unspecified atom stereocenters. The van der Waals surface area contributed by atoms with E-state index in [1.807, 2.05) is 18.2 Å². The van der Waals surface area contributed by atoms with Crippen LogP contribution in [0.1, 0.15) is 35.8 Å². The summed E-state index contributed by atoms with van der Waals surface area (Å²) in [5.41, 5.74) is 8.17. The molecule has 0 saturated carbocycles. The van der Waals surface area contributed by atoms with Gasteiger partial charge in [0, 0.05) is 17.8 Å². The summed E-state index contributed by atoms with van der Waals surface area (Å²) in [7, 11) is 0. The molecule has 2 aromatic carbocycles. The molecular weight excluding hydrogens is 286 g/mol. The Morgan fingerprint density at radius 3 is 2.22 bits per heavy atom. The molecule has 0 aliphatic carbocycles. The number of nitrogen functional groups attached to an aromatic ring is 1. The summed E-state index contributed by atoms with van der Waals surface area (Å²) in [5, 5.41) is 3.04. The van der Waals surface area contributed by atoms with E-state index in [0.717, 1.165) is 13.1 Å². The number of nitrogens with one attached hydrogen (secondary N) is 1. The highest BCUT2D eigenvalue weighted by Gasteiger charge is 2.18. The Hall–Kier alpha value is -2.33. The average Bonchev–Trinajstić information content (AvgIpc) is 2.59. The number of carbonyl (C=O) groups is 1. The predicted molar refractivity (Wildman–Crippen MR) is 95.3 cm³/mol. The molecule has 0 aliphatic rings. The molecule has 4 nitrogen and oxygen atoms in total. The minimum absolute atomic E-state index is 0.0712. The lowest BCUT2D eigenvalue weighted by molar-refractivity contribution is 0.0935. The van der Waals surface area contributed by atoms with Crippen molar-refractivity contribution in [2.45, 2.75) is 19.9 Å². The van der Waals surface area contributed by atoms with Gasteiger partial charge in [-0.2, -0.15) is 0 Å². The van der Waals surface area contributed by atoms with Crippen LogP contribution in [0.3, 0.4) is 0 Å². The summed E-state index contributed by atoms with van der Waals surface area (Å²) in [5.74, 6) is -0.0712. The molecular formula is C19H25N3O. The first-order chi connectivity index (χ1) is 11.2. The summed E-state index contributed by atoms with van der Waals surface area (Å²) in [4.78, 5) is 14.7. The molecule has 0 bridgehead atoms. The van der Waals surface area contributed by atoms with Crippen molar-refractivity contribution < 1.29 is 4.79 Å². The maximum absolute atomic E-state index is 12.3. The van der Waals surface area contributed by atoms with Crippen LogP contribution in [0, 0.1) is 0 Å². The lowest BCUT2D eigenvalue weighted by Gasteiger charge is -2.30. The summed E-state index contributed by atoms with van der Waals surface area (Å²) >= 11 is 0. The van der Waals surface area contributed by atoms with Gasteiger partial charge in [-0.1, -0.05) is 44.2 Å². The predicted octanol–water partition coefficient (Wildman–Crippen LogP) is 3.08. The fourth-order valence-electron chi connectivity index (χ4n) is 2.72. The van der Waals surface area contributed by atoms with Crippen LogP contribution in [-0.4, -0.2) is 30.4 Å². The van der Waals surface area contributed by atoms with Gasteiger partial charge in [0.25, 0.3) is 5.91 Å². The topological polar surface area (TPSA) is 58.4 Å². The van der Waals surface area contributed by atoms with Gasteiger partial charge in [0.1, 0.15) is 0 Å². The summed E-state index contributed by atoms with van der Waals surface area (Å²) in [6.45, 7) is 6.74. The Morgan fingerprint density at radius 1 is 1.04 bits per heavy atom. The molecule has 0 spiro atoms. The molecule has 0 saturated heterocycles. The van der Waals surface area contributed by atoms with Crippen LogP contribution in [0.2, 0.25) is 0 Å². The molecule has 0 aromatic heterocycles. The second kappa shape index (κ2) is 8.34. The van der Waals surface area contributed by atoms with Crippen molar-refractivity contribution in [1.29, 1.82) is 0 Å². The molecule has 0 fully saturated rings. The molecule has 122 valence electrons. The highest BCUT2D eigenvalue weighted by molar-refractivity contribution is 5.94. The van der Waals surface area contributed by atoms with E-state index in [4.69, 9.17) is 5.73 Å². The molecule has 4 heteroatoms. The Labute approximate surface area is 138 Å². The van der Waals surface area contributed by atoms with Gasteiger partial charge >= 0.3 is 0 Å². The Morgan fingerprint density at radius 2 is 1.65 bits per heavy atom. The van der Waals surface area contributed by atoms with Crippen molar-refractivity contribution in [2.75, 3.05) is 25.4 Å². The summed E-state index contributed by atoms with van der Waals surface area (Å²) < 4.78 is 0. The quantitative estimate of drug-likeness (QED) is 0.773. The first-order valence-corrected chi connectivity index (χ1v) is 8.08. The average molecular weight is 311 g/mol. The van der Waals surface area contributed by atoms with Crippen molar-refractivity contribution in [3.63, 3.8) is 0 Å². The smallest absolute Gasteiger partial charge is 0.251 e. The number of hydrogen-bond donors (Lipinski definition) is 2. The number of nitrogens with two attached hydrogens (primary N) is 1. The zero-order chi connectivity index (χ0) is 16.7. The third kappa shape index (κ3) is 4.57. The fourth-order valence-corrected chi connectivity index (χ4v) is 2.72. The SMILES string of the molecule is CCN(CC)C(CNC(=O)c1ccc(N)cc1)c1ccccc1. The number of nitrogens with zero attached hydrogens (tertiary/aromatic N) is 1. The first-order valence-electron chi connectivity index (χ1n) is 8.08. The maximum atomic E-state index is 12.3. The monoisotopic (exact) mass is 311 g/mol. The van der Waals surface area contributed by atoms with E-state index in [9.17, 15) is 4.79 Å². The summed E-state index contributed by atoms with van der Waals surface area (Å²) in [6, 6.07) is 17.5. The van der Waals surface area contributed by atoms with Gasteiger partial charge in [-0.25, -0.2) is 0 Å².